The van der Waals surface area contributed by atoms with Crippen LogP contribution in [0.15, 0.2) is 36.4 Å². The van der Waals surface area contributed by atoms with Gasteiger partial charge in [-0.1, -0.05) is 30.3 Å². The van der Waals surface area contributed by atoms with E-state index in [1.807, 2.05) is 12.1 Å². The van der Waals surface area contributed by atoms with Crippen molar-refractivity contribution in [3.63, 3.8) is 0 Å². The lowest BCUT2D eigenvalue weighted by atomic mass is 10.0. The van der Waals surface area contributed by atoms with Gasteiger partial charge in [0.05, 0.1) is 0 Å². The third-order valence-electron chi connectivity index (χ3n) is 3.17. The van der Waals surface area contributed by atoms with E-state index in [2.05, 4.69) is 62.3 Å². The van der Waals surface area contributed by atoms with E-state index in [4.69, 9.17) is 4.84 Å². The molecule has 0 bridgehead atoms. The summed E-state index contributed by atoms with van der Waals surface area (Å²) in [6.07, 6.45) is 0. The Morgan fingerprint density at radius 2 is 1.62 bits per heavy atom. The topological polar surface area (TPSA) is 15.7 Å². The number of halogens is 2. The second-order valence-corrected chi connectivity index (χ2v) is 5.04. The van der Waals surface area contributed by atoms with Crippen LogP contribution in [0.3, 0.4) is 0 Å². The Hall–Kier alpha value is -1.000. The molecular weight excluding hydrogens is 307 g/mol. The molecule has 0 aromatic heterocycles. The van der Waals surface area contributed by atoms with E-state index in [0.717, 1.165) is 18.8 Å². The van der Waals surface area contributed by atoms with Gasteiger partial charge in [-0.25, -0.2) is 0 Å². The number of hydrogen-bond donors (Lipinski definition) is 0. The summed E-state index contributed by atoms with van der Waals surface area (Å²) >= 11 is 0. The van der Waals surface area contributed by atoms with Gasteiger partial charge in [0.25, 0.3) is 0 Å². The summed E-state index contributed by atoms with van der Waals surface area (Å²) in [4.78, 5) is 8.08. The zero-order valence-electron chi connectivity index (χ0n) is 13.0. The summed E-state index contributed by atoms with van der Waals surface area (Å²) in [5, 5.41) is 4.37. The average molecular weight is 331 g/mol. The second kappa shape index (κ2) is 9.11. The van der Waals surface area contributed by atoms with E-state index in [9.17, 15) is 0 Å². The van der Waals surface area contributed by atoms with Crippen LogP contribution in [0, 0.1) is 0 Å². The highest BCUT2D eigenvalue weighted by atomic mass is 35.5. The molecule has 0 radical (unpaired) electrons. The molecule has 0 amide bonds. The molecule has 5 heteroatoms. The summed E-state index contributed by atoms with van der Waals surface area (Å²) in [5.74, 6) is 0.941. The molecule has 0 heterocycles. The summed E-state index contributed by atoms with van der Waals surface area (Å²) in [6, 6.07) is 12.6. The molecule has 118 valence electrons. The molecule has 21 heavy (non-hydrogen) atoms. The summed E-state index contributed by atoms with van der Waals surface area (Å²) in [7, 11) is 6.11. The van der Waals surface area contributed by atoms with Crippen molar-refractivity contribution in [3.05, 3.63) is 42.0 Å². The van der Waals surface area contributed by atoms with Gasteiger partial charge in [0.2, 0.25) is 0 Å². The molecule has 0 atom stereocenters. The molecular formula is C16H24Cl2N2O. The molecule has 2 aromatic carbocycles. The van der Waals surface area contributed by atoms with E-state index in [1.54, 1.807) is 0 Å². The van der Waals surface area contributed by atoms with Gasteiger partial charge in [-0.15, -0.1) is 29.9 Å². The van der Waals surface area contributed by atoms with E-state index < -0.39 is 0 Å². The lowest BCUT2D eigenvalue weighted by Crippen LogP contribution is -2.23. The molecule has 0 saturated carbocycles. The third kappa shape index (κ3) is 5.04. The van der Waals surface area contributed by atoms with Gasteiger partial charge < -0.3 is 9.74 Å². The Morgan fingerprint density at radius 3 is 2.24 bits per heavy atom. The normalized spacial score (nSPS) is 10.4. The molecule has 0 unspecified atom stereocenters. The molecule has 0 aliphatic carbocycles. The van der Waals surface area contributed by atoms with Gasteiger partial charge in [-0.2, -0.15) is 0 Å². The summed E-state index contributed by atoms with van der Waals surface area (Å²) in [6.45, 7) is 3.80. The number of benzene rings is 2. The van der Waals surface area contributed by atoms with Crippen molar-refractivity contribution in [2.75, 3.05) is 27.7 Å². The molecule has 0 N–H and O–H groups in total. The fourth-order valence-electron chi connectivity index (χ4n) is 2.11. The minimum atomic E-state index is 0. The van der Waals surface area contributed by atoms with Crippen molar-refractivity contribution in [2.45, 2.75) is 13.5 Å². The smallest absolute Gasteiger partial charge is 0.152 e. The standard InChI is InChI=1S/C16H22N2O.2ClH/c1-5-18(4)19-16-11-10-13-8-6-7-9-14(13)15(16)12-17(2)3;;/h6-11H,5,12H2,1-4H3;2*1H. The first-order valence-electron chi connectivity index (χ1n) is 6.66. The Balaban J connectivity index is 0.00000200. The molecule has 3 nitrogen and oxygen atoms in total. The van der Waals surface area contributed by atoms with Crippen LogP contribution in [0.2, 0.25) is 0 Å². The predicted octanol–water partition coefficient (Wildman–Crippen LogP) is 3.99. The fraction of sp³-hybridized carbons (Fsp3) is 0.375. The maximum absolute atomic E-state index is 5.91. The highest BCUT2D eigenvalue weighted by Crippen LogP contribution is 2.29. The Kier molecular flexibility index (Phi) is 8.67. The number of rotatable bonds is 5. The number of nitrogens with zero attached hydrogens (tertiary/aromatic N) is 2. The lowest BCUT2D eigenvalue weighted by Gasteiger charge is -2.21. The van der Waals surface area contributed by atoms with Crippen LogP contribution in [-0.4, -0.2) is 37.7 Å². The Bertz CT molecular complexity index is 561. The molecule has 0 aliphatic rings. The first kappa shape index (κ1) is 20.0. The zero-order chi connectivity index (χ0) is 13.8. The van der Waals surface area contributed by atoms with Crippen molar-refractivity contribution in [1.29, 1.82) is 0 Å². The van der Waals surface area contributed by atoms with Crippen LogP contribution >= 0.6 is 24.8 Å². The maximum Gasteiger partial charge on any atom is 0.152 e. The van der Waals surface area contributed by atoms with Crippen LogP contribution in [0.25, 0.3) is 10.8 Å². The Morgan fingerprint density at radius 1 is 0.952 bits per heavy atom. The van der Waals surface area contributed by atoms with Gasteiger partial charge >= 0.3 is 0 Å². The van der Waals surface area contributed by atoms with Crippen LogP contribution in [0.4, 0.5) is 0 Å². The van der Waals surface area contributed by atoms with Crippen molar-refractivity contribution < 1.29 is 4.84 Å². The highest BCUT2D eigenvalue weighted by molar-refractivity contribution is 5.87. The average Bonchev–Trinajstić information content (AvgIpc) is 2.40. The molecule has 0 spiro atoms. The van der Waals surface area contributed by atoms with Crippen molar-refractivity contribution >= 4 is 35.6 Å². The SMILES string of the molecule is CCN(C)Oc1ccc2ccccc2c1CN(C)C.Cl.Cl. The molecule has 2 rings (SSSR count). The van der Waals surface area contributed by atoms with Crippen LogP contribution in [-0.2, 0) is 6.54 Å². The quantitative estimate of drug-likeness (QED) is 0.771. The highest BCUT2D eigenvalue weighted by Gasteiger charge is 2.11. The van der Waals surface area contributed by atoms with E-state index in [0.29, 0.717) is 0 Å². The van der Waals surface area contributed by atoms with Crippen LogP contribution < -0.4 is 4.84 Å². The van der Waals surface area contributed by atoms with E-state index >= 15 is 0 Å². The minimum Gasteiger partial charge on any atom is -0.406 e. The number of hydroxylamine groups is 2. The molecule has 0 aliphatic heterocycles. The largest absolute Gasteiger partial charge is 0.406 e. The zero-order valence-corrected chi connectivity index (χ0v) is 14.6. The number of hydrogen-bond acceptors (Lipinski definition) is 3. The Labute approximate surface area is 139 Å². The van der Waals surface area contributed by atoms with Crippen LogP contribution in [0.5, 0.6) is 5.75 Å². The van der Waals surface area contributed by atoms with Gasteiger partial charge in [0.15, 0.2) is 5.75 Å². The van der Waals surface area contributed by atoms with Crippen LogP contribution in [0.1, 0.15) is 12.5 Å². The maximum atomic E-state index is 5.91. The monoisotopic (exact) mass is 330 g/mol. The number of fused-ring (bicyclic) bond motifs is 1. The van der Waals surface area contributed by atoms with Gasteiger partial charge in [0.1, 0.15) is 0 Å². The fourth-order valence-corrected chi connectivity index (χ4v) is 2.11. The summed E-state index contributed by atoms with van der Waals surface area (Å²) < 4.78 is 0. The van der Waals surface area contributed by atoms with E-state index in [-0.39, 0.29) is 24.8 Å². The van der Waals surface area contributed by atoms with Crippen molar-refractivity contribution in [2.24, 2.45) is 0 Å². The first-order valence-corrected chi connectivity index (χ1v) is 6.66. The minimum absolute atomic E-state index is 0. The third-order valence-corrected chi connectivity index (χ3v) is 3.17. The molecule has 0 saturated heterocycles. The second-order valence-electron chi connectivity index (χ2n) is 5.04. The predicted molar refractivity (Wildman–Crippen MR) is 94.8 cm³/mol. The lowest BCUT2D eigenvalue weighted by molar-refractivity contribution is -0.0274. The van der Waals surface area contributed by atoms with Gasteiger partial charge in [-0.3, -0.25) is 0 Å². The van der Waals surface area contributed by atoms with Crippen molar-refractivity contribution in [3.8, 4) is 5.75 Å². The summed E-state index contributed by atoms with van der Waals surface area (Å²) in [5.41, 5.74) is 1.24. The molecule has 2 aromatic rings. The van der Waals surface area contributed by atoms with E-state index in [1.165, 1.54) is 16.3 Å². The van der Waals surface area contributed by atoms with Gasteiger partial charge in [-0.05, 0) is 37.9 Å². The molecule has 0 fully saturated rings. The van der Waals surface area contributed by atoms with Crippen molar-refractivity contribution in [1.82, 2.24) is 9.96 Å². The van der Waals surface area contributed by atoms with Gasteiger partial charge in [0, 0.05) is 25.7 Å². The first-order chi connectivity index (χ1) is 9.11.